The summed E-state index contributed by atoms with van der Waals surface area (Å²) in [6.45, 7) is 7.01. The molecule has 3 unspecified atom stereocenters. The molecule has 2 aliphatic rings. The molecular weight excluding hydrogens is 346 g/mol. The Morgan fingerprint density at radius 3 is 2.82 bits per heavy atom. The number of nitrogens with zero attached hydrogens (tertiary/aromatic N) is 2. The van der Waals surface area contributed by atoms with E-state index >= 15 is 0 Å². The standard InChI is InChI=1S/C24H33N3O/c1-3-20-6-4-5-7-23(20)21-11-14-27(15-12-21)13-10-19-8-9-24(26-18(2)28)22(16-19)17-25/h4-7,11,19,22,24H,3,8-10,12-16H2,1-2H3,(H,26,28). The van der Waals surface area contributed by atoms with Crippen molar-refractivity contribution in [3.63, 3.8) is 0 Å². The van der Waals surface area contributed by atoms with E-state index in [4.69, 9.17) is 0 Å². The second-order valence-electron chi connectivity index (χ2n) is 8.30. The third-order valence-electron chi connectivity index (χ3n) is 6.40. The molecule has 0 spiro atoms. The first-order valence-corrected chi connectivity index (χ1v) is 10.8. The third-order valence-corrected chi connectivity index (χ3v) is 6.40. The van der Waals surface area contributed by atoms with Gasteiger partial charge in [0.25, 0.3) is 0 Å². The zero-order chi connectivity index (χ0) is 19.9. The van der Waals surface area contributed by atoms with Gasteiger partial charge in [0.15, 0.2) is 0 Å². The van der Waals surface area contributed by atoms with Gasteiger partial charge in [0.1, 0.15) is 0 Å². The number of aryl methyl sites for hydroxylation is 1. The van der Waals surface area contributed by atoms with Gasteiger partial charge >= 0.3 is 0 Å². The molecule has 3 rings (SSSR count). The first kappa shape index (κ1) is 20.6. The quantitative estimate of drug-likeness (QED) is 0.807. The van der Waals surface area contributed by atoms with Crippen molar-refractivity contribution >= 4 is 11.5 Å². The lowest BCUT2D eigenvalue weighted by Gasteiger charge is -2.34. The van der Waals surface area contributed by atoms with E-state index in [0.29, 0.717) is 5.92 Å². The molecule has 0 bridgehead atoms. The molecule has 1 heterocycles. The maximum Gasteiger partial charge on any atom is 0.217 e. The molecule has 1 aliphatic heterocycles. The van der Waals surface area contributed by atoms with Gasteiger partial charge in [-0.3, -0.25) is 9.69 Å². The van der Waals surface area contributed by atoms with E-state index in [1.165, 1.54) is 23.6 Å². The molecule has 1 saturated carbocycles. The molecule has 0 radical (unpaired) electrons. The number of hydrogen-bond donors (Lipinski definition) is 1. The number of rotatable bonds is 6. The topological polar surface area (TPSA) is 56.1 Å². The summed E-state index contributed by atoms with van der Waals surface area (Å²) in [7, 11) is 0. The van der Waals surface area contributed by atoms with E-state index in [2.05, 4.69) is 53.6 Å². The Kier molecular flexibility index (Phi) is 7.28. The highest BCUT2D eigenvalue weighted by Crippen LogP contribution is 2.32. The van der Waals surface area contributed by atoms with E-state index < -0.39 is 0 Å². The highest BCUT2D eigenvalue weighted by molar-refractivity contribution is 5.73. The van der Waals surface area contributed by atoms with E-state index in [-0.39, 0.29) is 17.9 Å². The fourth-order valence-corrected chi connectivity index (χ4v) is 4.76. The summed E-state index contributed by atoms with van der Waals surface area (Å²) < 4.78 is 0. The number of carbonyl (C=O) groups is 1. The van der Waals surface area contributed by atoms with Gasteiger partial charge in [-0.05, 0) is 67.7 Å². The van der Waals surface area contributed by atoms with Gasteiger partial charge in [-0.15, -0.1) is 0 Å². The van der Waals surface area contributed by atoms with Gasteiger partial charge in [-0.2, -0.15) is 5.26 Å². The van der Waals surface area contributed by atoms with Crippen molar-refractivity contribution < 1.29 is 4.79 Å². The van der Waals surface area contributed by atoms with Gasteiger partial charge in [0.05, 0.1) is 12.0 Å². The number of nitriles is 1. The molecule has 4 heteroatoms. The lowest BCUT2D eigenvalue weighted by atomic mass is 9.77. The van der Waals surface area contributed by atoms with Crippen molar-refractivity contribution in [3.8, 4) is 6.07 Å². The van der Waals surface area contributed by atoms with E-state index in [9.17, 15) is 10.1 Å². The smallest absolute Gasteiger partial charge is 0.217 e. The SMILES string of the molecule is CCc1ccccc1C1=CCN(CCC2CCC(NC(C)=O)C(C#N)C2)CC1. The van der Waals surface area contributed by atoms with Crippen molar-refractivity contribution in [2.75, 3.05) is 19.6 Å². The van der Waals surface area contributed by atoms with Crippen molar-refractivity contribution in [2.45, 2.75) is 58.4 Å². The number of carbonyl (C=O) groups excluding carboxylic acids is 1. The summed E-state index contributed by atoms with van der Waals surface area (Å²) in [5, 5.41) is 12.4. The summed E-state index contributed by atoms with van der Waals surface area (Å²) in [5.41, 5.74) is 4.37. The van der Waals surface area contributed by atoms with Crippen LogP contribution in [0.25, 0.3) is 5.57 Å². The monoisotopic (exact) mass is 379 g/mol. The van der Waals surface area contributed by atoms with Crippen molar-refractivity contribution in [2.24, 2.45) is 11.8 Å². The van der Waals surface area contributed by atoms with Crippen LogP contribution in [0.2, 0.25) is 0 Å². The Labute approximate surface area is 169 Å². The van der Waals surface area contributed by atoms with Crippen LogP contribution in [0.3, 0.4) is 0 Å². The van der Waals surface area contributed by atoms with Crippen LogP contribution in [0.4, 0.5) is 0 Å². The third kappa shape index (κ3) is 5.23. The fraction of sp³-hybridized carbons (Fsp3) is 0.583. The molecular formula is C24H33N3O. The predicted octanol–water partition coefficient (Wildman–Crippen LogP) is 4.17. The Balaban J connectivity index is 1.49. The number of hydrogen-bond acceptors (Lipinski definition) is 3. The molecule has 0 saturated heterocycles. The van der Waals surface area contributed by atoms with Gasteiger partial charge < -0.3 is 5.32 Å². The van der Waals surface area contributed by atoms with Crippen LogP contribution in [-0.4, -0.2) is 36.5 Å². The zero-order valence-electron chi connectivity index (χ0n) is 17.3. The lowest BCUT2D eigenvalue weighted by molar-refractivity contribution is -0.120. The minimum absolute atomic E-state index is 0.0238. The van der Waals surface area contributed by atoms with E-state index in [1.54, 1.807) is 0 Å². The number of amides is 1. The average Bonchev–Trinajstić information content (AvgIpc) is 2.73. The largest absolute Gasteiger partial charge is 0.352 e. The minimum Gasteiger partial charge on any atom is -0.352 e. The molecule has 1 aromatic rings. The normalized spacial score (nSPS) is 25.6. The van der Waals surface area contributed by atoms with Crippen molar-refractivity contribution in [1.29, 1.82) is 5.26 Å². The summed E-state index contributed by atoms with van der Waals surface area (Å²) in [4.78, 5) is 13.9. The van der Waals surface area contributed by atoms with Gasteiger partial charge in [0.2, 0.25) is 5.91 Å². The number of benzene rings is 1. The summed E-state index contributed by atoms with van der Waals surface area (Å²) in [6.07, 6.45) is 8.72. The Bertz CT molecular complexity index is 748. The van der Waals surface area contributed by atoms with Crippen LogP contribution >= 0.6 is 0 Å². The van der Waals surface area contributed by atoms with Crippen molar-refractivity contribution in [3.05, 3.63) is 41.5 Å². The van der Waals surface area contributed by atoms with E-state index in [0.717, 1.165) is 58.2 Å². The minimum atomic E-state index is -0.0407. The van der Waals surface area contributed by atoms with E-state index in [1.807, 2.05) is 0 Å². The summed E-state index contributed by atoms with van der Waals surface area (Å²) in [6, 6.07) is 11.2. The number of nitrogens with one attached hydrogen (secondary N) is 1. The van der Waals surface area contributed by atoms with Gasteiger partial charge in [0, 0.05) is 26.1 Å². The van der Waals surface area contributed by atoms with Crippen LogP contribution < -0.4 is 5.32 Å². The highest BCUT2D eigenvalue weighted by atomic mass is 16.1. The Hall–Kier alpha value is -2.12. The van der Waals surface area contributed by atoms with Crippen LogP contribution in [0.1, 0.15) is 57.1 Å². The highest BCUT2D eigenvalue weighted by Gasteiger charge is 2.31. The van der Waals surface area contributed by atoms with Crippen LogP contribution in [0.15, 0.2) is 30.3 Å². The first-order valence-electron chi connectivity index (χ1n) is 10.8. The Morgan fingerprint density at radius 1 is 1.32 bits per heavy atom. The molecule has 4 nitrogen and oxygen atoms in total. The van der Waals surface area contributed by atoms with Gasteiger partial charge in [-0.1, -0.05) is 37.3 Å². The predicted molar refractivity (Wildman–Crippen MR) is 114 cm³/mol. The van der Waals surface area contributed by atoms with Crippen LogP contribution in [-0.2, 0) is 11.2 Å². The average molecular weight is 380 g/mol. The second-order valence-corrected chi connectivity index (χ2v) is 8.30. The maximum absolute atomic E-state index is 11.3. The van der Waals surface area contributed by atoms with Crippen LogP contribution in [0, 0.1) is 23.2 Å². The van der Waals surface area contributed by atoms with Crippen molar-refractivity contribution in [1.82, 2.24) is 10.2 Å². The molecule has 1 aromatic carbocycles. The molecule has 28 heavy (non-hydrogen) atoms. The fourth-order valence-electron chi connectivity index (χ4n) is 4.76. The lowest BCUT2D eigenvalue weighted by Crippen LogP contribution is -2.42. The zero-order valence-corrected chi connectivity index (χ0v) is 17.3. The molecule has 1 N–H and O–H groups in total. The summed E-state index contributed by atoms with van der Waals surface area (Å²) >= 11 is 0. The molecule has 150 valence electrons. The molecule has 0 aromatic heterocycles. The second kappa shape index (κ2) is 9.89. The Morgan fingerprint density at radius 2 is 2.14 bits per heavy atom. The van der Waals surface area contributed by atoms with Gasteiger partial charge in [-0.25, -0.2) is 0 Å². The molecule has 1 aliphatic carbocycles. The maximum atomic E-state index is 11.3. The summed E-state index contributed by atoms with van der Waals surface area (Å²) in [5.74, 6) is 0.533. The first-order chi connectivity index (χ1) is 13.6. The molecule has 3 atom stereocenters. The molecule has 1 amide bonds. The van der Waals surface area contributed by atoms with Crippen LogP contribution in [0.5, 0.6) is 0 Å². The molecule has 1 fully saturated rings.